The SMILES string of the molecule is NCCN(CCN)C(=S)CCC(N)C(=O)NC(Cc1ccc(C(F)(F)F)cc1)C(=O)Nc1cnc2ccccc2c1. The lowest BCUT2D eigenvalue weighted by Crippen LogP contribution is -2.51. The van der Waals surface area contributed by atoms with Crippen molar-refractivity contribution in [2.75, 3.05) is 31.5 Å². The summed E-state index contributed by atoms with van der Waals surface area (Å²) in [5.74, 6) is -1.17. The summed E-state index contributed by atoms with van der Waals surface area (Å²) in [5.41, 5.74) is 18.1. The molecule has 0 aliphatic carbocycles. The number of halogens is 3. The summed E-state index contributed by atoms with van der Waals surface area (Å²) in [6.07, 6.45) is -2.53. The van der Waals surface area contributed by atoms with Gasteiger partial charge in [-0.25, -0.2) is 0 Å². The van der Waals surface area contributed by atoms with Crippen LogP contribution >= 0.6 is 12.2 Å². The molecule has 0 aliphatic rings. The first kappa shape index (κ1) is 31.9. The minimum Gasteiger partial charge on any atom is -0.364 e. The predicted molar refractivity (Wildman–Crippen MR) is 157 cm³/mol. The molecule has 220 valence electrons. The van der Waals surface area contributed by atoms with E-state index in [2.05, 4.69) is 15.6 Å². The van der Waals surface area contributed by atoms with E-state index in [1.807, 2.05) is 29.2 Å². The number of alkyl halides is 3. The van der Waals surface area contributed by atoms with E-state index in [9.17, 15) is 22.8 Å². The van der Waals surface area contributed by atoms with Crippen molar-refractivity contribution in [3.8, 4) is 0 Å². The fourth-order valence-electron chi connectivity index (χ4n) is 4.16. The maximum Gasteiger partial charge on any atom is 0.416 e. The fraction of sp³-hybridized carbons (Fsp3) is 0.357. The molecule has 2 atom stereocenters. The molecule has 13 heteroatoms. The molecule has 1 aromatic heterocycles. The maximum absolute atomic E-state index is 13.3. The Labute approximate surface area is 241 Å². The number of hydrogen-bond acceptors (Lipinski definition) is 7. The number of carbonyl (C=O) groups is 2. The summed E-state index contributed by atoms with van der Waals surface area (Å²) in [7, 11) is 0. The minimum absolute atomic E-state index is 0.0668. The first-order chi connectivity index (χ1) is 19.5. The molecular formula is C28H34F3N7O2S. The number of pyridine rings is 1. The molecule has 0 saturated heterocycles. The number of hydrogen-bond donors (Lipinski definition) is 5. The fourth-order valence-corrected chi connectivity index (χ4v) is 4.46. The summed E-state index contributed by atoms with van der Waals surface area (Å²) in [6.45, 7) is 1.83. The second-order valence-electron chi connectivity index (χ2n) is 9.47. The van der Waals surface area contributed by atoms with E-state index in [1.165, 1.54) is 18.3 Å². The number of amides is 2. The summed E-state index contributed by atoms with van der Waals surface area (Å²) >= 11 is 5.45. The van der Waals surface area contributed by atoms with Gasteiger partial charge >= 0.3 is 6.18 Å². The quantitative estimate of drug-likeness (QED) is 0.191. The zero-order chi connectivity index (χ0) is 30.0. The summed E-state index contributed by atoms with van der Waals surface area (Å²) in [4.78, 5) is 33.1. The van der Waals surface area contributed by atoms with Gasteiger partial charge in [0.1, 0.15) is 6.04 Å². The smallest absolute Gasteiger partial charge is 0.364 e. The Bertz CT molecular complexity index is 1330. The van der Waals surface area contributed by atoms with Crippen molar-refractivity contribution >= 4 is 45.6 Å². The van der Waals surface area contributed by atoms with E-state index in [-0.39, 0.29) is 12.8 Å². The number of rotatable bonds is 13. The largest absolute Gasteiger partial charge is 0.416 e. The van der Waals surface area contributed by atoms with Crippen molar-refractivity contribution in [3.63, 3.8) is 0 Å². The molecule has 0 fully saturated rings. The van der Waals surface area contributed by atoms with Gasteiger partial charge in [0, 0.05) is 38.0 Å². The number of nitrogens with two attached hydrogens (primary N) is 3. The molecule has 0 aliphatic heterocycles. The highest BCUT2D eigenvalue weighted by Gasteiger charge is 2.30. The van der Waals surface area contributed by atoms with Crippen LogP contribution in [-0.4, -0.2) is 64.9 Å². The Morgan fingerprint density at radius 2 is 1.66 bits per heavy atom. The van der Waals surface area contributed by atoms with E-state index >= 15 is 0 Å². The highest BCUT2D eigenvalue weighted by Crippen LogP contribution is 2.29. The van der Waals surface area contributed by atoms with Crippen LogP contribution in [0.25, 0.3) is 10.9 Å². The Kier molecular flexibility index (Phi) is 11.5. The number of para-hydroxylation sites is 1. The number of anilines is 1. The molecule has 2 unspecified atom stereocenters. The molecule has 3 aromatic rings. The lowest BCUT2D eigenvalue weighted by Gasteiger charge is -2.25. The van der Waals surface area contributed by atoms with E-state index in [0.29, 0.717) is 48.8 Å². The van der Waals surface area contributed by atoms with Crippen LogP contribution < -0.4 is 27.8 Å². The Morgan fingerprint density at radius 3 is 2.29 bits per heavy atom. The van der Waals surface area contributed by atoms with Crippen LogP contribution in [0.15, 0.2) is 60.8 Å². The zero-order valence-electron chi connectivity index (χ0n) is 22.4. The molecule has 0 spiro atoms. The van der Waals surface area contributed by atoms with Gasteiger partial charge in [0.2, 0.25) is 11.8 Å². The number of aromatic nitrogens is 1. The molecule has 9 nitrogen and oxygen atoms in total. The Balaban J connectivity index is 1.73. The zero-order valence-corrected chi connectivity index (χ0v) is 23.2. The minimum atomic E-state index is -4.50. The van der Waals surface area contributed by atoms with Crippen LogP contribution in [0.3, 0.4) is 0 Å². The molecule has 2 aromatic carbocycles. The lowest BCUT2D eigenvalue weighted by molar-refractivity contribution is -0.137. The van der Waals surface area contributed by atoms with Gasteiger partial charge in [-0.15, -0.1) is 0 Å². The lowest BCUT2D eigenvalue weighted by atomic mass is 10.0. The number of benzene rings is 2. The van der Waals surface area contributed by atoms with Gasteiger partial charge in [-0.3, -0.25) is 14.6 Å². The van der Waals surface area contributed by atoms with Gasteiger partial charge in [-0.05, 0) is 42.7 Å². The Morgan fingerprint density at radius 1 is 1.00 bits per heavy atom. The van der Waals surface area contributed by atoms with Crippen LogP contribution in [0.5, 0.6) is 0 Å². The normalized spacial score (nSPS) is 12.9. The van der Waals surface area contributed by atoms with Crippen LogP contribution in [-0.2, 0) is 22.2 Å². The molecule has 8 N–H and O–H groups in total. The van der Waals surface area contributed by atoms with Crippen LogP contribution in [0, 0.1) is 0 Å². The molecule has 0 radical (unpaired) electrons. The van der Waals surface area contributed by atoms with Crippen molar-refractivity contribution in [1.29, 1.82) is 0 Å². The number of thiocarbonyl (C=S) groups is 1. The third-order valence-corrected chi connectivity index (χ3v) is 6.83. The highest BCUT2D eigenvalue weighted by atomic mass is 32.1. The molecule has 1 heterocycles. The van der Waals surface area contributed by atoms with Crippen molar-refractivity contribution in [1.82, 2.24) is 15.2 Å². The summed E-state index contributed by atoms with van der Waals surface area (Å²) in [5, 5.41) is 6.19. The second-order valence-corrected chi connectivity index (χ2v) is 9.94. The number of nitrogens with zero attached hydrogens (tertiary/aromatic N) is 2. The standard InChI is InChI=1S/C28H34F3N7O2S/c29-28(30,31)20-7-5-18(6-8-20)15-24(27(40)36-21-16-19-3-1-2-4-23(19)35-17-21)37-26(39)22(34)9-10-25(41)38(13-11-32)14-12-33/h1-8,16-17,22,24H,9-15,32-34H2,(H,36,40)(H,37,39). The second kappa shape index (κ2) is 14.8. The first-order valence-electron chi connectivity index (χ1n) is 13.1. The summed E-state index contributed by atoms with van der Waals surface area (Å²) < 4.78 is 39.1. The van der Waals surface area contributed by atoms with Gasteiger partial charge in [0.15, 0.2) is 0 Å². The predicted octanol–water partition coefficient (Wildman–Crippen LogP) is 2.57. The van der Waals surface area contributed by atoms with Gasteiger partial charge in [-0.2, -0.15) is 13.2 Å². The van der Waals surface area contributed by atoms with Crippen LogP contribution in [0.2, 0.25) is 0 Å². The monoisotopic (exact) mass is 589 g/mol. The molecule has 0 bridgehead atoms. The number of carbonyl (C=O) groups excluding carboxylic acids is 2. The van der Waals surface area contributed by atoms with Crippen LogP contribution in [0.4, 0.5) is 18.9 Å². The van der Waals surface area contributed by atoms with E-state index < -0.39 is 35.6 Å². The van der Waals surface area contributed by atoms with Crippen molar-refractivity contribution in [2.45, 2.75) is 37.5 Å². The molecular weight excluding hydrogens is 555 g/mol. The van der Waals surface area contributed by atoms with Crippen molar-refractivity contribution < 1.29 is 22.8 Å². The van der Waals surface area contributed by atoms with E-state index in [4.69, 9.17) is 29.4 Å². The molecule has 2 amide bonds. The molecule has 41 heavy (non-hydrogen) atoms. The van der Waals surface area contributed by atoms with E-state index in [1.54, 1.807) is 6.07 Å². The third kappa shape index (κ3) is 9.46. The average molecular weight is 590 g/mol. The number of nitrogens with one attached hydrogen (secondary N) is 2. The molecule has 0 saturated carbocycles. The Hall–Kier alpha value is -3.65. The summed E-state index contributed by atoms with van der Waals surface area (Å²) in [6, 6.07) is 11.4. The third-order valence-electron chi connectivity index (χ3n) is 6.37. The number of fused-ring (bicyclic) bond motifs is 1. The van der Waals surface area contributed by atoms with Gasteiger partial charge in [0.25, 0.3) is 0 Å². The van der Waals surface area contributed by atoms with E-state index in [0.717, 1.165) is 23.0 Å². The maximum atomic E-state index is 13.3. The first-order valence-corrected chi connectivity index (χ1v) is 13.5. The highest BCUT2D eigenvalue weighted by molar-refractivity contribution is 7.80. The molecule has 3 rings (SSSR count). The van der Waals surface area contributed by atoms with Gasteiger partial charge < -0.3 is 32.7 Å². The van der Waals surface area contributed by atoms with Crippen molar-refractivity contribution in [2.24, 2.45) is 17.2 Å². The van der Waals surface area contributed by atoms with Crippen LogP contribution in [0.1, 0.15) is 24.0 Å². The average Bonchev–Trinajstić information content (AvgIpc) is 2.94. The van der Waals surface area contributed by atoms with Gasteiger partial charge in [0.05, 0.1) is 34.0 Å². The van der Waals surface area contributed by atoms with Crippen molar-refractivity contribution in [3.05, 3.63) is 71.9 Å². The van der Waals surface area contributed by atoms with Gasteiger partial charge in [-0.1, -0.05) is 42.5 Å². The topological polar surface area (TPSA) is 152 Å².